The summed E-state index contributed by atoms with van der Waals surface area (Å²) in [6.07, 6.45) is 1.51. The molecular formula is C23H21N3O3. The number of aryl methyl sites for hydroxylation is 1. The topological polar surface area (TPSA) is 79.8 Å². The summed E-state index contributed by atoms with van der Waals surface area (Å²) in [5.41, 5.74) is 5.48. The summed E-state index contributed by atoms with van der Waals surface area (Å²) in [6.45, 7) is 1.82. The predicted molar refractivity (Wildman–Crippen MR) is 113 cm³/mol. The molecule has 3 rings (SSSR count). The Morgan fingerprint density at radius 3 is 2.52 bits per heavy atom. The molecular weight excluding hydrogens is 366 g/mol. The highest BCUT2D eigenvalue weighted by molar-refractivity contribution is 5.95. The normalized spacial score (nSPS) is 10.5. The van der Waals surface area contributed by atoms with Gasteiger partial charge in [-0.15, -0.1) is 0 Å². The molecule has 0 saturated heterocycles. The first-order valence-electron chi connectivity index (χ1n) is 9.08. The van der Waals surface area contributed by atoms with Crippen LogP contribution in [0.5, 0.6) is 5.75 Å². The van der Waals surface area contributed by atoms with E-state index in [0.717, 1.165) is 16.8 Å². The number of nitrogens with one attached hydrogen (secondary N) is 2. The van der Waals surface area contributed by atoms with E-state index in [2.05, 4.69) is 15.8 Å². The molecule has 3 aromatic carbocycles. The van der Waals surface area contributed by atoms with E-state index in [1.807, 2.05) is 43.3 Å². The molecule has 2 amide bonds. The Morgan fingerprint density at radius 1 is 0.966 bits per heavy atom. The molecule has 3 aromatic rings. The molecule has 0 aromatic heterocycles. The fourth-order valence-corrected chi connectivity index (χ4v) is 2.55. The minimum Gasteiger partial charge on any atom is -0.484 e. The molecule has 0 atom stereocenters. The fourth-order valence-electron chi connectivity index (χ4n) is 2.55. The van der Waals surface area contributed by atoms with Gasteiger partial charge >= 0.3 is 0 Å². The number of hydrazone groups is 1. The van der Waals surface area contributed by atoms with E-state index in [1.165, 1.54) is 6.21 Å². The largest absolute Gasteiger partial charge is 0.484 e. The van der Waals surface area contributed by atoms with Gasteiger partial charge in [-0.2, -0.15) is 5.10 Å². The third-order valence-corrected chi connectivity index (χ3v) is 4.06. The van der Waals surface area contributed by atoms with Crippen molar-refractivity contribution < 1.29 is 14.3 Å². The van der Waals surface area contributed by atoms with Crippen molar-refractivity contribution in [2.24, 2.45) is 5.10 Å². The van der Waals surface area contributed by atoms with Crippen LogP contribution in [0.25, 0.3) is 0 Å². The molecule has 146 valence electrons. The van der Waals surface area contributed by atoms with Crippen LogP contribution in [0.4, 0.5) is 5.69 Å². The van der Waals surface area contributed by atoms with Crippen LogP contribution < -0.4 is 15.5 Å². The highest BCUT2D eigenvalue weighted by atomic mass is 16.5. The number of para-hydroxylation sites is 1. The van der Waals surface area contributed by atoms with Crippen molar-refractivity contribution in [3.05, 3.63) is 95.6 Å². The molecule has 0 fully saturated rings. The molecule has 6 heteroatoms. The molecule has 0 heterocycles. The van der Waals surface area contributed by atoms with Crippen LogP contribution in [0, 0.1) is 6.92 Å². The van der Waals surface area contributed by atoms with E-state index >= 15 is 0 Å². The van der Waals surface area contributed by atoms with Crippen molar-refractivity contribution in [1.82, 2.24) is 5.43 Å². The second-order valence-corrected chi connectivity index (χ2v) is 6.29. The molecule has 6 nitrogen and oxygen atoms in total. The van der Waals surface area contributed by atoms with Crippen molar-refractivity contribution >= 4 is 23.7 Å². The Morgan fingerprint density at radius 2 is 1.72 bits per heavy atom. The first kappa shape index (κ1) is 19.8. The van der Waals surface area contributed by atoms with Gasteiger partial charge in [0.05, 0.1) is 6.21 Å². The van der Waals surface area contributed by atoms with Crippen molar-refractivity contribution in [3.63, 3.8) is 0 Å². The summed E-state index contributed by atoms with van der Waals surface area (Å²) in [7, 11) is 0. The minimum absolute atomic E-state index is 0.111. The number of hydrogen-bond acceptors (Lipinski definition) is 4. The summed E-state index contributed by atoms with van der Waals surface area (Å²) in [5, 5.41) is 6.78. The molecule has 0 aliphatic rings. The maximum atomic E-state index is 12.1. The predicted octanol–water partition coefficient (Wildman–Crippen LogP) is 3.78. The molecule has 0 aliphatic heterocycles. The SMILES string of the molecule is Cc1ccccc1NC(=O)COc1cccc(/C=N/NC(=O)c2ccccc2)c1. The third-order valence-electron chi connectivity index (χ3n) is 4.06. The number of hydrogen-bond donors (Lipinski definition) is 2. The maximum Gasteiger partial charge on any atom is 0.271 e. The van der Waals surface area contributed by atoms with Crippen LogP contribution in [-0.4, -0.2) is 24.6 Å². The summed E-state index contributed by atoms with van der Waals surface area (Å²) < 4.78 is 5.56. The first-order valence-corrected chi connectivity index (χ1v) is 9.08. The van der Waals surface area contributed by atoms with Gasteiger partial charge in [-0.1, -0.05) is 48.5 Å². The van der Waals surface area contributed by atoms with Crippen molar-refractivity contribution in [1.29, 1.82) is 0 Å². The third kappa shape index (κ3) is 6.04. The second kappa shape index (κ2) is 9.85. The lowest BCUT2D eigenvalue weighted by molar-refractivity contribution is -0.118. The Bertz CT molecular complexity index is 1020. The van der Waals surface area contributed by atoms with E-state index in [1.54, 1.807) is 42.5 Å². The smallest absolute Gasteiger partial charge is 0.271 e. The Kier molecular flexibility index (Phi) is 6.73. The monoisotopic (exact) mass is 387 g/mol. The standard InChI is InChI=1S/C23H21N3O3/c1-17-8-5-6-13-21(17)25-22(27)16-29-20-12-7-9-18(14-20)15-24-26-23(28)19-10-3-2-4-11-19/h2-15H,16H2,1H3,(H,25,27)(H,26,28)/b24-15+. The van der Waals surface area contributed by atoms with Crippen molar-refractivity contribution in [2.75, 3.05) is 11.9 Å². The van der Waals surface area contributed by atoms with Crippen molar-refractivity contribution in [2.45, 2.75) is 6.92 Å². The average Bonchev–Trinajstić information content (AvgIpc) is 2.75. The number of ether oxygens (including phenoxy) is 1. The summed E-state index contributed by atoms with van der Waals surface area (Å²) in [6, 6.07) is 23.5. The molecule has 0 bridgehead atoms. The van der Waals surface area contributed by atoms with Gasteiger partial charge in [0.25, 0.3) is 11.8 Å². The quantitative estimate of drug-likeness (QED) is 0.478. The Hall–Kier alpha value is -3.93. The molecule has 0 spiro atoms. The number of amides is 2. The van der Waals surface area contributed by atoms with Gasteiger partial charge in [0.2, 0.25) is 0 Å². The van der Waals surface area contributed by atoms with Crippen molar-refractivity contribution in [3.8, 4) is 5.75 Å². The summed E-state index contributed by atoms with van der Waals surface area (Å²) in [4.78, 5) is 24.1. The van der Waals surface area contributed by atoms with Crippen LogP contribution >= 0.6 is 0 Å². The zero-order valence-corrected chi connectivity index (χ0v) is 16.0. The summed E-state index contributed by atoms with van der Waals surface area (Å²) in [5.74, 6) is -0.00102. The van der Waals surface area contributed by atoms with E-state index in [-0.39, 0.29) is 18.4 Å². The van der Waals surface area contributed by atoms with E-state index in [9.17, 15) is 9.59 Å². The number of nitrogens with zero attached hydrogens (tertiary/aromatic N) is 1. The number of anilines is 1. The highest BCUT2D eigenvalue weighted by Gasteiger charge is 2.06. The lowest BCUT2D eigenvalue weighted by Gasteiger charge is -2.09. The zero-order valence-electron chi connectivity index (χ0n) is 16.0. The average molecular weight is 387 g/mol. The van der Waals surface area contributed by atoms with Gasteiger partial charge in [0.15, 0.2) is 6.61 Å². The van der Waals surface area contributed by atoms with Crippen LogP contribution in [-0.2, 0) is 4.79 Å². The van der Waals surface area contributed by atoms with Gasteiger partial charge in [-0.25, -0.2) is 5.43 Å². The van der Waals surface area contributed by atoms with Gasteiger partial charge < -0.3 is 10.1 Å². The maximum absolute atomic E-state index is 12.1. The summed E-state index contributed by atoms with van der Waals surface area (Å²) >= 11 is 0. The number of benzene rings is 3. The number of rotatable bonds is 7. The van der Waals surface area contributed by atoms with Crippen LogP contribution in [0.1, 0.15) is 21.5 Å². The first-order chi connectivity index (χ1) is 14.1. The fraction of sp³-hybridized carbons (Fsp3) is 0.0870. The molecule has 2 N–H and O–H groups in total. The Balaban J connectivity index is 1.52. The van der Waals surface area contributed by atoms with Crippen LogP contribution in [0.2, 0.25) is 0 Å². The zero-order chi connectivity index (χ0) is 20.5. The molecule has 29 heavy (non-hydrogen) atoms. The minimum atomic E-state index is -0.290. The molecule has 0 saturated carbocycles. The van der Waals surface area contributed by atoms with E-state index in [0.29, 0.717) is 11.3 Å². The van der Waals surface area contributed by atoms with E-state index in [4.69, 9.17) is 4.74 Å². The lowest BCUT2D eigenvalue weighted by Crippen LogP contribution is -2.20. The van der Waals surface area contributed by atoms with Gasteiger partial charge in [0.1, 0.15) is 5.75 Å². The highest BCUT2D eigenvalue weighted by Crippen LogP contribution is 2.14. The number of carbonyl (C=O) groups excluding carboxylic acids is 2. The lowest BCUT2D eigenvalue weighted by atomic mass is 10.2. The Labute approximate surface area is 169 Å². The van der Waals surface area contributed by atoms with Crippen LogP contribution in [0.3, 0.4) is 0 Å². The van der Waals surface area contributed by atoms with Gasteiger partial charge in [-0.05, 0) is 48.4 Å². The molecule has 0 radical (unpaired) electrons. The molecule has 0 unspecified atom stereocenters. The van der Waals surface area contributed by atoms with Crippen LogP contribution in [0.15, 0.2) is 84.0 Å². The van der Waals surface area contributed by atoms with Gasteiger partial charge in [0, 0.05) is 11.3 Å². The number of carbonyl (C=O) groups is 2. The second-order valence-electron chi connectivity index (χ2n) is 6.29. The molecule has 0 aliphatic carbocycles. The van der Waals surface area contributed by atoms with E-state index < -0.39 is 0 Å². The van der Waals surface area contributed by atoms with Gasteiger partial charge in [-0.3, -0.25) is 9.59 Å².